The van der Waals surface area contributed by atoms with Crippen LogP contribution in [0.4, 0.5) is 5.69 Å². The SMILES string of the molecule is COCC(C)CNc1cc(OC)ccc1C#N. The lowest BCUT2D eigenvalue weighted by Crippen LogP contribution is -2.16. The Morgan fingerprint density at radius 3 is 2.76 bits per heavy atom. The van der Waals surface area contributed by atoms with Gasteiger partial charge in [-0.05, 0) is 18.1 Å². The normalized spacial score (nSPS) is 11.6. The zero-order chi connectivity index (χ0) is 12.7. The number of hydrogen-bond acceptors (Lipinski definition) is 4. The maximum Gasteiger partial charge on any atom is 0.121 e. The van der Waals surface area contributed by atoms with Gasteiger partial charge in [-0.15, -0.1) is 0 Å². The highest BCUT2D eigenvalue weighted by Gasteiger charge is 2.06. The third kappa shape index (κ3) is 3.97. The van der Waals surface area contributed by atoms with E-state index in [1.54, 1.807) is 26.4 Å². The van der Waals surface area contributed by atoms with Gasteiger partial charge in [0.1, 0.15) is 11.8 Å². The van der Waals surface area contributed by atoms with Crippen LogP contribution in [0.25, 0.3) is 0 Å². The van der Waals surface area contributed by atoms with E-state index in [2.05, 4.69) is 18.3 Å². The standard InChI is InChI=1S/C13H18N2O2/c1-10(9-16-2)8-15-13-6-12(17-3)5-4-11(13)7-14/h4-6,10,15H,8-9H2,1-3H3. The Bertz CT molecular complexity index is 399. The molecule has 1 aromatic rings. The maximum atomic E-state index is 9.00. The van der Waals surface area contributed by atoms with Crippen molar-refractivity contribution in [1.29, 1.82) is 5.26 Å². The number of methoxy groups -OCH3 is 2. The molecule has 4 nitrogen and oxygen atoms in total. The molecule has 0 aliphatic heterocycles. The highest BCUT2D eigenvalue weighted by atomic mass is 16.5. The van der Waals surface area contributed by atoms with Crippen molar-refractivity contribution in [2.75, 3.05) is 32.7 Å². The molecule has 0 saturated heterocycles. The minimum Gasteiger partial charge on any atom is -0.497 e. The van der Waals surface area contributed by atoms with Crippen LogP contribution in [0.2, 0.25) is 0 Å². The smallest absolute Gasteiger partial charge is 0.121 e. The van der Waals surface area contributed by atoms with Crippen molar-refractivity contribution >= 4 is 5.69 Å². The first-order chi connectivity index (χ1) is 8.21. The molecule has 0 aliphatic rings. The van der Waals surface area contributed by atoms with Gasteiger partial charge in [0, 0.05) is 19.7 Å². The van der Waals surface area contributed by atoms with Crippen molar-refractivity contribution in [1.82, 2.24) is 0 Å². The zero-order valence-corrected chi connectivity index (χ0v) is 10.5. The average molecular weight is 234 g/mol. The molecular weight excluding hydrogens is 216 g/mol. The van der Waals surface area contributed by atoms with Gasteiger partial charge in [-0.2, -0.15) is 5.26 Å². The predicted octanol–water partition coefficient (Wildman–Crippen LogP) is 2.26. The zero-order valence-electron chi connectivity index (χ0n) is 10.5. The van der Waals surface area contributed by atoms with Crippen LogP contribution in [-0.2, 0) is 4.74 Å². The number of nitrogens with one attached hydrogen (secondary N) is 1. The molecule has 0 amide bonds. The molecule has 0 aliphatic carbocycles. The Hall–Kier alpha value is -1.73. The first-order valence-corrected chi connectivity index (χ1v) is 5.52. The molecule has 1 atom stereocenters. The molecule has 0 bridgehead atoms. The lowest BCUT2D eigenvalue weighted by molar-refractivity contribution is 0.164. The molecule has 92 valence electrons. The van der Waals surface area contributed by atoms with E-state index in [0.717, 1.165) is 18.0 Å². The van der Waals surface area contributed by atoms with Crippen LogP contribution in [0.5, 0.6) is 5.75 Å². The fraction of sp³-hybridized carbons (Fsp3) is 0.462. The van der Waals surface area contributed by atoms with E-state index in [1.807, 2.05) is 6.07 Å². The third-order valence-electron chi connectivity index (χ3n) is 2.44. The number of ether oxygens (including phenoxy) is 2. The highest BCUT2D eigenvalue weighted by molar-refractivity contribution is 5.60. The Morgan fingerprint density at radius 1 is 1.41 bits per heavy atom. The minimum absolute atomic E-state index is 0.387. The summed E-state index contributed by atoms with van der Waals surface area (Å²) in [6.45, 7) is 3.54. The van der Waals surface area contributed by atoms with E-state index < -0.39 is 0 Å². The van der Waals surface area contributed by atoms with Gasteiger partial charge >= 0.3 is 0 Å². The average Bonchev–Trinajstić information content (AvgIpc) is 2.36. The molecule has 4 heteroatoms. The second kappa shape index (κ2) is 6.77. The van der Waals surface area contributed by atoms with Gasteiger partial charge in [0.05, 0.1) is 25.0 Å². The fourth-order valence-electron chi connectivity index (χ4n) is 1.52. The Morgan fingerprint density at radius 2 is 2.18 bits per heavy atom. The van der Waals surface area contributed by atoms with E-state index >= 15 is 0 Å². The van der Waals surface area contributed by atoms with Gasteiger partial charge in [-0.25, -0.2) is 0 Å². The molecule has 1 aromatic carbocycles. The second-order valence-electron chi connectivity index (χ2n) is 3.96. The van der Waals surface area contributed by atoms with Gasteiger partial charge in [0.2, 0.25) is 0 Å². The van der Waals surface area contributed by atoms with Gasteiger partial charge < -0.3 is 14.8 Å². The summed E-state index contributed by atoms with van der Waals surface area (Å²) in [7, 11) is 3.29. The molecular formula is C13H18N2O2. The second-order valence-corrected chi connectivity index (χ2v) is 3.96. The molecule has 0 spiro atoms. The monoisotopic (exact) mass is 234 g/mol. The van der Waals surface area contributed by atoms with Crippen molar-refractivity contribution in [3.05, 3.63) is 23.8 Å². The first kappa shape index (κ1) is 13.3. The summed E-state index contributed by atoms with van der Waals surface area (Å²) in [5, 5.41) is 12.2. The molecule has 0 aromatic heterocycles. The summed E-state index contributed by atoms with van der Waals surface area (Å²) >= 11 is 0. The largest absolute Gasteiger partial charge is 0.497 e. The number of nitriles is 1. The molecule has 0 radical (unpaired) electrons. The molecule has 0 fully saturated rings. The summed E-state index contributed by atoms with van der Waals surface area (Å²) < 4.78 is 10.2. The molecule has 17 heavy (non-hydrogen) atoms. The molecule has 1 N–H and O–H groups in total. The van der Waals surface area contributed by atoms with Crippen LogP contribution in [0, 0.1) is 17.2 Å². The summed E-state index contributed by atoms with van der Waals surface area (Å²) in [6, 6.07) is 7.52. The van der Waals surface area contributed by atoms with E-state index in [4.69, 9.17) is 14.7 Å². The van der Waals surface area contributed by atoms with Gasteiger partial charge in [-0.1, -0.05) is 6.92 Å². The molecule has 0 heterocycles. The van der Waals surface area contributed by atoms with Crippen molar-refractivity contribution < 1.29 is 9.47 Å². The predicted molar refractivity (Wildman–Crippen MR) is 67.2 cm³/mol. The Kier molecular flexibility index (Phi) is 5.31. The van der Waals surface area contributed by atoms with E-state index in [1.165, 1.54) is 0 Å². The topological polar surface area (TPSA) is 54.3 Å². The Balaban J connectivity index is 2.71. The maximum absolute atomic E-state index is 9.00. The quantitative estimate of drug-likeness (QED) is 0.820. The number of rotatable bonds is 6. The van der Waals surface area contributed by atoms with Gasteiger partial charge in [-0.3, -0.25) is 0 Å². The highest BCUT2D eigenvalue weighted by Crippen LogP contribution is 2.22. The lowest BCUT2D eigenvalue weighted by Gasteiger charge is -2.14. The first-order valence-electron chi connectivity index (χ1n) is 5.52. The Labute approximate surface area is 102 Å². The third-order valence-corrected chi connectivity index (χ3v) is 2.44. The van der Waals surface area contributed by atoms with Crippen molar-refractivity contribution in [2.45, 2.75) is 6.92 Å². The van der Waals surface area contributed by atoms with E-state index in [0.29, 0.717) is 18.1 Å². The summed E-state index contributed by atoms with van der Waals surface area (Å²) in [5.41, 5.74) is 1.42. The summed E-state index contributed by atoms with van der Waals surface area (Å²) in [4.78, 5) is 0. The van der Waals surface area contributed by atoms with Crippen molar-refractivity contribution in [3.63, 3.8) is 0 Å². The summed E-state index contributed by atoms with van der Waals surface area (Å²) in [5.74, 6) is 1.13. The van der Waals surface area contributed by atoms with Gasteiger partial charge in [0.25, 0.3) is 0 Å². The van der Waals surface area contributed by atoms with Crippen molar-refractivity contribution in [3.8, 4) is 11.8 Å². The lowest BCUT2D eigenvalue weighted by atomic mass is 10.1. The number of benzene rings is 1. The minimum atomic E-state index is 0.387. The van der Waals surface area contributed by atoms with E-state index in [9.17, 15) is 0 Å². The summed E-state index contributed by atoms with van der Waals surface area (Å²) in [6.07, 6.45) is 0. The van der Waals surface area contributed by atoms with Crippen LogP contribution in [0.15, 0.2) is 18.2 Å². The van der Waals surface area contributed by atoms with Crippen LogP contribution in [0.3, 0.4) is 0 Å². The fourth-order valence-corrected chi connectivity index (χ4v) is 1.52. The van der Waals surface area contributed by atoms with E-state index in [-0.39, 0.29) is 0 Å². The number of nitrogens with zero attached hydrogens (tertiary/aromatic N) is 1. The van der Waals surface area contributed by atoms with Crippen LogP contribution in [-0.4, -0.2) is 27.4 Å². The van der Waals surface area contributed by atoms with Crippen LogP contribution < -0.4 is 10.1 Å². The molecule has 1 unspecified atom stereocenters. The molecule has 0 saturated carbocycles. The van der Waals surface area contributed by atoms with Crippen LogP contribution in [0.1, 0.15) is 12.5 Å². The number of hydrogen-bond donors (Lipinski definition) is 1. The number of anilines is 1. The van der Waals surface area contributed by atoms with Crippen molar-refractivity contribution in [2.24, 2.45) is 5.92 Å². The van der Waals surface area contributed by atoms with Gasteiger partial charge in [0.15, 0.2) is 0 Å². The molecule has 1 rings (SSSR count). The van der Waals surface area contributed by atoms with Crippen LogP contribution >= 0.6 is 0 Å².